The van der Waals surface area contributed by atoms with Crippen molar-refractivity contribution in [2.75, 3.05) is 13.1 Å². The molecule has 0 atom stereocenters. The third-order valence-electron chi connectivity index (χ3n) is 3.46. The number of carbonyl (C=O) groups is 1. The molecule has 1 aliphatic rings. The van der Waals surface area contributed by atoms with E-state index in [2.05, 4.69) is 10.2 Å². The maximum atomic E-state index is 12.5. The van der Waals surface area contributed by atoms with Crippen molar-refractivity contribution in [3.8, 4) is 10.6 Å². The van der Waals surface area contributed by atoms with Gasteiger partial charge in [0, 0.05) is 19.1 Å². The third kappa shape index (κ3) is 2.41. The molecule has 1 saturated heterocycles. The van der Waals surface area contributed by atoms with Gasteiger partial charge < -0.3 is 10.6 Å². The number of rotatable bonds is 2. The highest BCUT2D eigenvalue weighted by Crippen LogP contribution is 2.27. The first-order chi connectivity index (χ1) is 9.25. The molecule has 0 unspecified atom stereocenters. The molecule has 3 heterocycles. The number of nitrogens with two attached hydrogens (primary N) is 1. The number of H-pyrrole nitrogens is 1. The first kappa shape index (κ1) is 12.4. The molecule has 0 spiro atoms. The van der Waals surface area contributed by atoms with E-state index in [-0.39, 0.29) is 11.9 Å². The molecule has 2 aromatic rings. The number of likely N-dealkylation sites (tertiary alicyclic amines) is 1. The van der Waals surface area contributed by atoms with Gasteiger partial charge >= 0.3 is 0 Å². The molecule has 0 aliphatic carbocycles. The van der Waals surface area contributed by atoms with Crippen molar-refractivity contribution in [3.63, 3.8) is 0 Å². The van der Waals surface area contributed by atoms with E-state index < -0.39 is 0 Å². The number of hydrogen-bond acceptors (Lipinski definition) is 4. The van der Waals surface area contributed by atoms with Gasteiger partial charge in [-0.05, 0) is 24.3 Å². The van der Waals surface area contributed by atoms with Gasteiger partial charge in [-0.1, -0.05) is 6.07 Å². The Morgan fingerprint density at radius 1 is 1.47 bits per heavy atom. The van der Waals surface area contributed by atoms with Crippen LogP contribution in [0.5, 0.6) is 0 Å². The monoisotopic (exact) mass is 276 g/mol. The van der Waals surface area contributed by atoms with Gasteiger partial charge in [-0.25, -0.2) is 0 Å². The maximum Gasteiger partial charge on any atom is 0.257 e. The van der Waals surface area contributed by atoms with E-state index in [1.54, 1.807) is 17.5 Å². The lowest BCUT2D eigenvalue weighted by Gasteiger charge is -2.30. The normalized spacial score (nSPS) is 16.8. The molecular formula is C13H16N4OS. The minimum absolute atomic E-state index is 0.0454. The molecule has 0 saturated carbocycles. The van der Waals surface area contributed by atoms with E-state index in [4.69, 9.17) is 5.73 Å². The van der Waals surface area contributed by atoms with Crippen LogP contribution in [0.2, 0.25) is 0 Å². The van der Waals surface area contributed by atoms with E-state index in [1.807, 2.05) is 22.4 Å². The lowest BCUT2D eigenvalue weighted by molar-refractivity contribution is 0.0715. The maximum absolute atomic E-state index is 12.5. The predicted octanol–water partition coefficient (Wildman–Crippen LogP) is 1.70. The van der Waals surface area contributed by atoms with Gasteiger partial charge in [0.15, 0.2) is 0 Å². The van der Waals surface area contributed by atoms with Crippen LogP contribution in [0, 0.1) is 0 Å². The smallest absolute Gasteiger partial charge is 0.257 e. The average Bonchev–Trinajstić information content (AvgIpc) is 3.09. The summed E-state index contributed by atoms with van der Waals surface area (Å²) in [5.41, 5.74) is 7.33. The molecule has 100 valence electrons. The second-order valence-electron chi connectivity index (χ2n) is 4.77. The van der Waals surface area contributed by atoms with Gasteiger partial charge in [0.2, 0.25) is 0 Å². The number of nitrogens with zero attached hydrogens (tertiary/aromatic N) is 2. The van der Waals surface area contributed by atoms with E-state index in [0.29, 0.717) is 5.56 Å². The van der Waals surface area contributed by atoms with E-state index in [0.717, 1.165) is 36.5 Å². The molecule has 1 aliphatic heterocycles. The van der Waals surface area contributed by atoms with E-state index in [1.165, 1.54) is 0 Å². The van der Waals surface area contributed by atoms with Crippen molar-refractivity contribution >= 4 is 17.2 Å². The number of thiophene rings is 1. The van der Waals surface area contributed by atoms with Crippen molar-refractivity contribution < 1.29 is 4.79 Å². The summed E-state index contributed by atoms with van der Waals surface area (Å²) in [4.78, 5) is 15.4. The molecular weight excluding hydrogens is 260 g/mol. The van der Waals surface area contributed by atoms with Crippen molar-refractivity contribution in [2.45, 2.75) is 18.9 Å². The van der Waals surface area contributed by atoms with Crippen molar-refractivity contribution in [3.05, 3.63) is 29.3 Å². The summed E-state index contributed by atoms with van der Waals surface area (Å²) in [6.07, 6.45) is 3.36. The summed E-state index contributed by atoms with van der Waals surface area (Å²) in [6.45, 7) is 1.46. The number of hydrogen-bond donors (Lipinski definition) is 2. The van der Waals surface area contributed by atoms with Crippen LogP contribution in [0.3, 0.4) is 0 Å². The van der Waals surface area contributed by atoms with Gasteiger partial charge in [0.25, 0.3) is 5.91 Å². The standard InChI is InChI=1S/C13H16N4OS/c14-9-3-5-17(6-4-9)13(18)10-8-15-16-12(10)11-2-1-7-19-11/h1-2,7-9H,3-6,14H2,(H,15,16). The Balaban J connectivity index is 1.83. The van der Waals surface area contributed by atoms with Gasteiger partial charge in [-0.3, -0.25) is 9.89 Å². The minimum atomic E-state index is 0.0454. The highest BCUT2D eigenvalue weighted by molar-refractivity contribution is 7.13. The summed E-state index contributed by atoms with van der Waals surface area (Å²) in [7, 11) is 0. The van der Waals surface area contributed by atoms with Crippen LogP contribution in [0.1, 0.15) is 23.2 Å². The Hall–Kier alpha value is -1.66. The molecule has 1 fully saturated rings. The fourth-order valence-corrected chi connectivity index (χ4v) is 3.06. The largest absolute Gasteiger partial charge is 0.338 e. The molecule has 0 aromatic carbocycles. The zero-order valence-corrected chi connectivity index (χ0v) is 11.3. The summed E-state index contributed by atoms with van der Waals surface area (Å²) in [6, 6.07) is 4.18. The minimum Gasteiger partial charge on any atom is -0.338 e. The van der Waals surface area contributed by atoms with E-state index >= 15 is 0 Å². The van der Waals surface area contributed by atoms with Crippen LogP contribution in [0.15, 0.2) is 23.7 Å². The Morgan fingerprint density at radius 2 is 2.26 bits per heavy atom. The first-order valence-corrected chi connectivity index (χ1v) is 7.26. The second-order valence-corrected chi connectivity index (χ2v) is 5.71. The fourth-order valence-electron chi connectivity index (χ4n) is 2.33. The Bertz CT molecular complexity index is 555. The highest BCUT2D eigenvalue weighted by atomic mass is 32.1. The summed E-state index contributed by atoms with van der Waals surface area (Å²) in [5, 5.41) is 8.93. The number of carbonyl (C=O) groups excluding carboxylic acids is 1. The predicted molar refractivity (Wildman–Crippen MR) is 75.0 cm³/mol. The Kier molecular flexibility index (Phi) is 3.35. The zero-order valence-electron chi connectivity index (χ0n) is 10.5. The second kappa shape index (κ2) is 5.14. The average molecular weight is 276 g/mol. The lowest BCUT2D eigenvalue weighted by Crippen LogP contribution is -2.42. The molecule has 2 aromatic heterocycles. The van der Waals surface area contributed by atoms with Crippen LogP contribution in [-0.2, 0) is 0 Å². The number of amides is 1. The van der Waals surface area contributed by atoms with Crippen LogP contribution in [-0.4, -0.2) is 40.1 Å². The summed E-state index contributed by atoms with van der Waals surface area (Å²) >= 11 is 1.60. The van der Waals surface area contributed by atoms with Crippen molar-refractivity contribution in [1.82, 2.24) is 15.1 Å². The molecule has 0 radical (unpaired) electrons. The third-order valence-corrected chi connectivity index (χ3v) is 4.35. The molecule has 1 amide bonds. The van der Waals surface area contributed by atoms with Crippen molar-refractivity contribution in [2.24, 2.45) is 5.73 Å². The molecule has 0 bridgehead atoms. The number of aromatic nitrogens is 2. The fraction of sp³-hybridized carbons (Fsp3) is 0.385. The van der Waals surface area contributed by atoms with Gasteiger partial charge in [-0.15, -0.1) is 11.3 Å². The van der Waals surface area contributed by atoms with Crippen LogP contribution < -0.4 is 5.73 Å². The van der Waals surface area contributed by atoms with E-state index in [9.17, 15) is 4.79 Å². The lowest BCUT2D eigenvalue weighted by atomic mass is 10.0. The Labute approximate surface area is 115 Å². The van der Waals surface area contributed by atoms with Gasteiger partial charge in [0.1, 0.15) is 0 Å². The molecule has 3 rings (SSSR count). The van der Waals surface area contributed by atoms with Gasteiger partial charge in [0.05, 0.1) is 22.3 Å². The molecule has 5 nitrogen and oxygen atoms in total. The number of nitrogens with one attached hydrogen (secondary N) is 1. The summed E-state index contributed by atoms with van der Waals surface area (Å²) in [5.74, 6) is 0.0454. The number of piperidine rings is 1. The first-order valence-electron chi connectivity index (χ1n) is 6.38. The van der Waals surface area contributed by atoms with Crippen molar-refractivity contribution in [1.29, 1.82) is 0 Å². The molecule has 3 N–H and O–H groups in total. The Morgan fingerprint density at radius 3 is 2.95 bits per heavy atom. The zero-order chi connectivity index (χ0) is 13.2. The summed E-state index contributed by atoms with van der Waals surface area (Å²) < 4.78 is 0. The van der Waals surface area contributed by atoms with Crippen LogP contribution >= 0.6 is 11.3 Å². The number of aromatic amines is 1. The molecule has 19 heavy (non-hydrogen) atoms. The quantitative estimate of drug-likeness (QED) is 0.876. The highest BCUT2D eigenvalue weighted by Gasteiger charge is 2.25. The van der Waals surface area contributed by atoms with Crippen LogP contribution in [0.4, 0.5) is 0 Å². The SMILES string of the molecule is NC1CCN(C(=O)c2cn[nH]c2-c2cccs2)CC1. The molecule has 6 heteroatoms. The topological polar surface area (TPSA) is 75.0 Å². The van der Waals surface area contributed by atoms with Crippen LogP contribution in [0.25, 0.3) is 10.6 Å². The van der Waals surface area contributed by atoms with Gasteiger partial charge in [-0.2, -0.15) is 5.10 Å².